The van der Waals surface area contributed by atoms with Gasteiger partial charge < -0.3 is 9.80 Å². The third kappa shape index (κ3) is 3.71. The maximum absolute atomic E-state index is 4.76. The van der Waals surface area contributed by atoms with Crippen LogP contribution in [0.25, 0.3) is 0 Å². The molecule has 24 heavy (non-hydrogen) atoms. The van der Waals surface area contributed by atoms with Gasteiger partial charge in [-0.3, -0.25) is 0 Å². The predicted molar refractivity (Wildman–Crippen MR) is 99.7 cm³/mol. The molecule has 0 aliphatic heterocycles. The molecule has 4 heteroatoms. The Morgan fingerprint density at radius 3 is 2.21 bits per heavy atom. The molecule has 0 saturated heterocycles. The van der Waals surface area contributed by atoms with Crippen LogP contribution in [-0.2, 0) is 6.54 Å². The summed E-state index contributed by atoms with van der Waals surface area (Å²) in [6.07, 6.45) is 1.82. The number of hydrogen-bond acceptors (Lipinski definition) is 4. The van der Waals surface area contributed by atoms with E-state index >= 15 is 0 Å². The summed E-state index contributed by atoms with van der Waals surface area (Å²) in [5, 5.41) is 0. The summed E-state index contributed by atoms with van der Waals surface area (Å²) in [5.41, 5.74) is 2.34. The molecule has 1 heterocycles. The first-order valence-corrected chi connectivity index (χ1v) is 8.18. The third-order valence-corrected chi connectivity index (χ3v) is 3.99. The van der Waals surface area contributed by atoms with Crippen LogP contribution in [0.3, 0.4) is 0 Å². The van der Waals surface area contributed by atoms with Crippen LogP contribution in [0.4, 0.5) is 17.5 Å². The summed E-state index contributed by atoms with van der Waals surface area (Å²) in [6, 6.07) is 22.6. The summed E-state index contributed by atoms with van der Waals surface area (Å²) in [5.74, 6) is 1.64. The molecular formula is C20H22N4. The molecule has 0 atom stereocenters. The lowest BCUT2D eigenvalue weighted by atomic mass is 10.2. The topological polar surface area (TPSA) is 32.3 Å². The second kappa shape index (κ2) is 7.59. The van der Waals surface area contributed by atoms with Gasteiger partial charge in [0.05, 0.1) is 0 Å². The molecule has 3 rings (SSSR count). The van der Waals surface area contributed by atoms with Crippen LogP contribution < -0.4 is 9.80 Å². The number of aromatic nitrogens is 2. The van der Waals surface area contributed by atoms with Crippen molar-refractivity contribution in [3.63, 3.8) is 0 Å². The van der Waals surface area contributed by atoms with E-state index in [1.165, 1.54) is 5.56 Å². The minimum atomic E-state index is 0.699. The van der Waals surface area contributed by atoms with Gasteiger partial charge in [-0.2, -0.15) is 4.98 Å². The fourth-order valence-electron chi connectivity index (χ4n) is 2.60. The number of anilines is 3. The van der Waals surface area contributed by atoms with Crippen LogP contribution in [0.2, 0.25) is 0 Å². The standard InChI is InChI=1S/C20H22N4/c1-3-24(16-17-10-6-4-7-11-17)19-14-15-21-20(22-19)23(2)18-12-8-5-9-13-18/h4-15H,3,16H2,1-2H3. The van der Waals surface area contributed by atoms with Crippen molar-refractivity contribution < 1.29 is 0 Å². The van der Waals surface area contributed by atoms with E-state index < -0.39 is 0 Å². The average Bonchev–Trinajstić information content (AvgIpc) is 2.67. The molecule has 0 radical (unpaired) electrons. The van der Waals surface area contributed by atoms with E-state index in [1.807, 2.05) is 48.5 Å². The van der Waals surface area contributed by atoms with Crippen LogP contribution >= 0.6 is 0 Å². The zero-order chi connectivity index (χ0) is 16.8. The van der Waals surface area contributed by atoms with Gasteiger partial charge >= 0.3 is 0 Å². The molecule has 0 amide bonds. The number of hydrogen-bond donors (Lipinski definition) is 0. The average molecular weight is 318 g/mol. The smallest absolute Gasteiger partial charge is 0.231 e. The quantitative estimate of drug-likeness (QED) is 0.679. The molecule has 0 aliphatic rings. The number of nitrogens with zero attached hydrogens (tertiary/aromatic N) is 4. The van der Waals surface area contributed by atoms with Crippen molar-refractivity contribution in [2.24, 2.45) is 0 Å². The SMILES string of the molecule is CCN(Cc1ccccc1)c1ccnc(N(C)c2ccccc2)n1. The fraction of sp³-hybridized carbons (Fsp3) is 0.200. The van der Waals surface area contributed by atoms with E-state index in [-0.39, 0.29) is 0 Å². The van der Waals surface area contributed by atoms with Gasteiger partial charge in [-0.25, -0.2) is 4.98 Å². The Hall–Kier alpha value is -2.88. The lowest BCUT2D eigenvalue weighted by Crippen LogP contribution is -2.24. The lowest BCUT2D eigenvalue weighted by molar-refractivity contribution is 0.808. The van der Waals surface area contributed by atoms with E-state index in [0.29, 0.717) is 5.95 Å². The second-order valence-corrected chi connectivity index (χ2v) is 5.61. The highest BCUT2D eigenvalue weighted by Gasteiger charge is 2.11. The third-order valence-electron chi connectivity index (χ3n) is 3.99. The van der Waals surface area contributed by atoms with Crippen molar-refractivity contribution in [2.45, 2.75) is 13.5 Å². The number of rotatable bonds is 6. The van der Waals surface area contributed by atoms with Gasteiger partial charge in [0.15, 0.2) is 0 Å². The van der Waals surface area contributed by atoms with Gasteiger partial charge in [0, 0.05) is 32.0 Å². The molecular weight excluding hydrogens is 296 g/mol. The van der Waals surface area contributed by atoms with E-state index in [1.54, 1.807) is 0 Å². The molecule has 3 aromatic rings. The molecule has 0 saturated carbocycles. The fourth-order valence-corrected chi connectivity index (χ4v) is 2.60. The minimum Gasteiger partial charge on any atom is -0.352 e. The highest BCUT2D eigenvalue weighted by Crippen LogP contribution is 2.22. The van der Waals surface area contributed by atoms with E-state index in [0.717, 1.165) is 24.6 Å². The summed E-state index contributed by atoms with van der Waals surface area (Å²) in [6.45, 7) is 3.87. The maximum Gasteiger partial charge on any atom is 0.231 e. The van der Waals surface area contributed by atoms with Crippen molar-refractivity contribution >= 4 is 17.5 Å². The zero-order valence-electron chi connectivity index (χ0n) is 14.1. The minimum absolute atomic E-state index is 0.699. The Bertz CT molecular complexity index is 759. The molecule has 0 bridgehead atoms. The molecule has 0 fully saturated rings. The van der Waals surface area contributed by atoms with Crippen molar-refractivity contribution in [2.75, 3.05) is 23.4 Å². The van der Waals surface area contributed by atoms with Gasteiger partial charge in [-0.1, -0.05) is 48.5 Å². The first kappa shape index (κ1) is 16.0. The van der Waals surface area contributed by atoms with Crippen LogP contribution in [-0.4, -0.2) is 23.6 Å². The maximum atomic E-state index is 4.76. The Morgan fingerprint density at radius 1 is 0.875 bits per heavy atom. The van der Waals surface area contributed by atoms with Crippen LogP contribution in [0, 0.1) is 0 Å². The molecule has 0 unspecified atom stereocenters. The van der Waals surface area contributed by atoms with Crippen LogP contribution in [0.5, 0.6) is 0 Å². The first-order valence-electron chi connectivity index (χ1n) is 8.18. The van der Waals surface area contributed by atoms with Crippen LogP contribution in [0.15, 0.2) is 72.9 Å². The number of benzene rings is 2. The van der Waals surface area contributed by atoms with Crippen molar-refractivity contribution in [1.82, 2.24) is 9.97 Å². The van der Waals surface area contributed by atoms with Crippen molar-refractivity contribution in [1.29, 1.82) is 0 Å². The van der Waals surface area contributed by atoms with Gasteiger partial charge in [-0.15, -0.1) is 0 Å². The first-order chi connectivity index (χ1) is 11.8. The largest absolute Gasteiger partial charge is 0.352 e. The number of para-hydroxylation sites is 1. The second-order valence-electron chi connectivity index (χ2n) is 5.61. The Morgan fingerprint density at radius 2 is 1.54 bits per heavy atom. The lowest BCUT2D eigenvalue weighted by Gasteiger charge is -2.24. The molecule has 2 aromatic carbocycles. The summed E-state index contributed by atoms with van der Waals surface area (Å²) < 4.78 is 0. The molecule has 122 valence electrons. The highest BCUT2D eigenvalue weighted by molar-refractivity contribution is 5.57. The van der Waals surface area contributed by atoms with Gasteiger partial charge in [-0.05, 0) is 30.7 Å². The highest BCUT2D eigenvalue weighted by atomic mass is 15.3. The summed E-state index contributed by atoms with van der Waals surface area (Å²) in [7, 11) is 1.99. The van der Waals surface area contributed by atoms with E-state index in [9.17, 15) is 0 Å². The van der Waals surface area contributed by atoms with Crippen molar-refractivity contribution in [3.05, 3.63) is 78.5 Å². The van der Waals surface area contributed by atoms with Gasteiger partial charge in [0.25, 0.3) is 0 Å². The molecule has 0 N–H and O–H groups in total. The monoisotopic (exact) mass is 318 g/mol. The summed E-state index contributed by atoms with van der Waals surface area (Å²) >= 11 is 0. The Balaban J connectivity index is 1.83. The normalized spacial score (nSPS) is 10.4. The Kier molecular flexibility index (Phi) is 5.06. The van der Waals surface area contributed by atoms with E-state index in [4.69, 9.17) is 4.98 Å². The van der Waals surface area contributed by atoms with E-state index in [2.05, 4.69) is 53.2 Å². The Labute approximate surface area is 143 Å². The van der Waals surface area contributed by atoms with Gasteiger partial charge in [0.1, 0.15) is 5.82 Å². The van der Waals surface area contributed by atoms with Crippen LogP contribution in [0.1, 0.15) is 12.5 Å². The molecule has 1 aromatic heterocycles. The van der Waals surface area contributed by atoms with Gasteiger partial charge in [0.2, 0.25) is 5.95 Å². The molecule has 0 aliphatic carbocycles. The molecule has 4 nitrogen and oxygen atoms in total. The predicted octanol–water partition coefficient (Wildman–Crippen LogP) is 4.27. The van der Waals surface area contributed by atoms with Crippen molar-refractivity contribution in [3.8, 4) is 0 Å². The summed E-state index contributed by atoms with van der Waals surface area (Å²) in [4.78, 5) is 13.4. The molecule has 0 spiro atoms. The zero-order valence-corrected chi connectivity index (χ0v) is 14.1.